The summed E-state index contributed by atoms with van der Waals surface area (Å²) in [5.74, 6) is 0.113. The molecule has 1 aromatic carbocycles. The largest absolute Gasteiger partial charge is 0.384 e. The zero-order chi connectivity index (χ0) is 16.8. The minimum Gasteiger partial charge on any atom is -0.384 e. The van der Waals surface area contributed by atoms with Gasteiger partial charge in [-0.15, -0.1) is 0 Å². The van der Waals surface area contributed by atoms with E-state index < -0.39 is 11.0 Å². The zero-order valence-corrected chi connectivity index (χ0v) is 14.5. The van der Waals surface area contributed by atoms with Crippen LogP contribution in [0.5, 0.6) is 0 Å². The molecule has 2 aliphatic rings. The number of nitrogens with two attached hydrogens (primary N) is 1. The first-order valence-electron chi connectivity index (χ1n) is 8.27. The van der Waals surface area contributed by atoms with E-state index in [1.807, 2.05) is 30.9 Å². The summed E-state index contributed by atoms with van der Waals surface area (Å²) in [6, 6.07) is 7.36. The topological polar surface area (TPSA) is 66.6 Å². The van der Waals surface area contributed by atoms with Gasteiger partial charge in [0.25, 0.3) is 0 Å². The molecule has 1 saturated heterocycles. The Morgan fingerprint density at radius 1 is 1.30 bits per heavy atom. The van der Waals surface area contributed by atoms with E-state index in [0.29, 0.717) is 24.5 Å². The predicted molar refractivity (Wildman–Crippen MR) is 91.0 cm³/mol. The number of likely N-dealkylation sites (tertiary alicyclic amines) is 1. The fourth-order valence-electron chi connectivity index (χ4n) is 3.84. The van der Waals surface area contributed by atoms with Gasteiger partial charge in [0, 0.05) is 29.6 Å². The lowest BCUT2D eigenvalue weighted by Gasteiger charge is -2.51. The van der Waals surface area contributed by atoms with Crippen LogP contribution in [0.4, 0.5) is 0 Å². The van der Waals surface area contributed by atoms with Crippen LogP contribution in [0.2, 0.25) is 5.02 Å². The highest BCUT2D eigenvalue weighted by molar-refractivity contribution is 6.30. The normalized spacial score (nSPS) is 33.2. The Hall–Kier alpha value is -1.10. The summed E-state index contributed by atoms with van der Waals surface area (Å²) in [6.45, 7) is 5.13. The third-order valence-electron chi connectivity index (χ3n) is 5.73. The average molecular weight is 337 g/mol. The molecule has 5 heteroatoms. The SMILES string of the molecule is CC1(C)CN(C(=O)[C@@H]2CC[C@@H]2N)CC[C@]1(O)c1ccc(Cl)cc1. The van der Waals surface area contributed by atoms with E-state index in [2.05, 4.69) is 0 Å². The molecule has 0 radical (unpaired) electrons. The van der Waals surface area contributed by atoms with Gasteiger partial charge in [-0.2, -0.15) is 0 Å². The van der Waals surface area contributed by atoms with Crippen molar-refractivity contribution in [2.45, 2.75) is 44.8 Å². The zero-order valence-electron chi connectivity index (χ0n) is 13.8. The molecule has 0 spiro atoms. The number of aliphatic hydroxyl groups is 1. The van der Waals surface area contributed by atoms with Crippen molar-refractivity contribution in [1.82, 2.24) is 4.90 Å². The highest BCUT2D eigenvalue weighted by Crippen LogP contribution is 2.46. The van der Waals surface area contributed by atoms with Crippen molar-refractivity contribution >= 4 is 17.5 Å². The van der Waals surface area contributed by atoms with Gasteiger partial charge < -0.3 is 15.7 Å². The van der Waals surface area contributed by atoms with Crippen LogP contribution in [0.1, 0.15) is 38.7 Å². The number of halogens is 1. The highest BCUT2D eigenvalue weighted by atomic mass is 35.5. The third-order valence-corrected chi connectivity index (χ3v) is 5.98. The van der Waals surface area contributed by atoms with E-state index in [-0.39, 0.29) is 17.9 Å². The molecule has 4 nitrogen and oxygen atoms in total. The smallest absolute Gasteiger partial charge is 0.227 e. The van der Waals surface area contributed by atoms with Crippen molar-refractivity contribution in [2.75, 3.05) is 13.1 Å². The van der Waals surface area contributed by atoms with Crippen molar-refractivity contribution in [1.29, 1.82) is 0 Å². The number of carbonyl (C=O) groups is 1. The first-order chi connectivity index (χ1) is 10.7. The maximum absolute atomic E-state index is 12.6. The molecule has 126 valence electrons. The molecular formula is C18H25ClN2O2. The fraction of sp³-hybridized carbons (Fsp3) is 0.611. The maximum atomic E-state index is 12.6. The highest BCUT2D eigenvalue weighted by Gasteiger charge is 2.50. The molecule has 1 saturated carbocycles. The molecule has 3 atom stereocenters. The molecule has 23 heavy (non-hydrogen) atoms. The van der Waals surface area contributed by atoms with Crippen LogP contribution >= 0.6 is 11.6 Å². The lowest BCUT2D eigenvalue weighted by molar-refractivity contribution is -0.159. The molecule has 1 aromatic rings. The Morgan fingerprint density at radius 3 is 2.43 bits per heavy atom. The lowest BCUT2D eigenvalue weighted by Crippen LogP contribution is -2.59. The van der Waals surface area contributed by atoms with E-state index in [1.165, 1.54) is 0 Å². The second-order valence-corrected chi connectivity index (χ2v) is 8.04. The molecule has 0 unspecified atom stereocenters. The molecule has 1 aliphatic heterocycles. The Morgan fingerprint density at radius 2 is 1.96 bits per heavy atom. The summed E-state index contributed by atoms with van der Waals surface area (Å²) in [4.78, 5) is 14.5. The summed E-state index contributed by atoms with van der Waals surface area (Å²) < 4.78 is 0. The van der Waals surface area contributed by atoms with E-state index >= 15 is 0 Å². The molecule has 2 fully saturated rings. The quantitative estimate of drug-likeness (QED) is 0.872. The lowest BCUT2D eigenvalue weighted by atomic mass is 9.66. The summed E-state index contributed by atoms with van der Waals surface area (Å²) in [5.41, 5.74) is 5.40. The van der Waals surface area contributed by atoms with Crippen LogP contribution in [-0.4, -0.2) is 35.0 Å². The van der Waals surface area contributed by atoms with Gasteiger partial charge in [-0.1, -0.05) is 37.6 Å². The van der Waals surface area contributed by atoms with E-state index in [0.717, 1.165) is 18.4 Å². The summed E-state index contributed by atoms with van der Waals surface area (Å²) >= 11 is 5.96. The Labute approximate surface area is 142 Å². The van der Waals surface area contributed by atoms with Crippen LogP contribution < -0.4 is 5.73 Å². The van der Waals surface area contributed by atoms with Gasteiger partial charge in [-0.3, -0.25) is 4.79 Å². The number of carbonyl (C=O) groups excluding carboxylic acids is 1. The van der Waals surface area contributed by atoms with Gasteiger partial charge in [-0.05, 0) is 37.0 Å². The minimum absolute atomic E-state index is 0.00249. The van der Waals surface area contributed by atoms with Crippen molar-refractivity contribution < 1.29 is 9.90 Å². The van der Waals surface area contributed by atoms with Crippen molar-refractivity contribution in [3.8, 4) is 0 Å². The molecule has 3 rings (SSSR count). The number of piperidine rings is 1. The van der Waals surface area contributed by atoms with Gasteiger partial charge in [0.15, 0.2) is 0 Å². The van der Waals surface area contributed by atoms with E-state index in [1.54, 1.807) is 12.1 Å². The third kappa shape index (κ3) is 2.77. The number of benzene rings is 1. The van der Waals surface area contributed by atoms with Gasteiger partial charge in [0.2, 0.25) is 5.91 Å². The first-order valence-corrected chi connectivity index (χ1v) is 8.65. The summed E-state index contributed by atoms with van der Waals surface area (Å²) in [6.07, 6.45) is 2.34. The standard InChI is InChI=1S/C18H25ClN2O2/c1-17(2)11-21(16(22)14-7-8-15(14)20)10-9-18(17,23)12-3-5-13(19)6-4-12/h3-6,14-15,23H,7-11,20H2,1-2H3/t14-,15+,18+/m1/s1. The molecule has 1 amide bonds. The molecule has 3 N–H and O–H groups in total. The van der Waals surface area contributed by atoms with Crippen LogP contribution in [0.25, 0.3) is 0 Å². The van der Waals surface area contributed by atoms with Gasteiger partial charge in [0.1, 0.15) is 0 Å². The monoisotopic (exact) mass is 336 g/mol. The molecule has 0 aromatic heterocycles. The second-order valence-electron chi connectivity index (χ2n) is 7.61. The second kappa shape index (κ2) is 5.76. The Balaban J connectivity index is 1.79. The molecule has 0 bridgehead atoms. The first kappa shape index (κ1) is 16.7. The van der Waals surface area contributed by atoms with Crippen molar-refractivity contribution in [3.63, 3.8) is 0 Å². The summed E-state index contributed by atoms with van der Waals surface area (Å²) in [5, 5.41) is 12.0. The van der Waals surface area contributed by atoms with Crippen molar-refractivity contribution in [2.24, 2.45) is 17.1 Å². The van der Waals surface area contributed by atoms with Gasteiger partial charge in [-0.25, -0.2) is 0 Å². The van der Waals surface area contributed by atoms with Gasteiger partial charge >= 0.3 is 0 Å². The number of rotatable bonds is 2. The minimum atomic E-state index is -0.962. The van der Waals surface area contributed by atoms with Crippen LogP contribution in [0.3, 0.4) is 0 Å². The predicted octanol–water partition coefficient (Wildman–Crippen LogP) is 2.52. The Bertz CT molecular complexity index is 602. The van der Waals surface area contributed by atoms with Crippen LogP contribution in [0, 0.1) is 11.3 Å². The van der Waals surface area contributed by atoms with Gasteiger partial charge in [0.05, 0.1) is 11.5 Å². The van der Waals surface area contributed by atoms with Crippen LogP contribution in [0.15, 0.2) is 24.3 Å². The summed E-state index contributed by atoms with van der Waals surface area (Å²) in [7, 11) is 0. The van der Waals surface area contributed by atoms with Crippen LogP contribution in [-0.2, 0) is 10.4 Å². The number of hydrogen-bond acceptors (Lipinski definition) is 3. The Kier molecular flexibility index (Phi) is 4.20. The fourth-order valence-corrected chi connectivity index (χ4v) is 3.96. The maximum Gasteiger partial charge on any atom is 0.227 e. The number of hydrogen-bond donors (Lipinski definition) is 2. The molecular weight excluding hydrogens is 312 g/mol. The molecule has 1 heterocycles. The van der Waals surface area contributed by atoms with E-state index in [9.17, 15) is 9.90 Å². The van der Waals surface area contributed by atoms with Crippen molar-refractivity contribution in [3.05, 3.63) is 34.9 Å². The average Bonchev–Trinajstić information content (AvgIpc) is 2.49. The molecule has 1 aliphatic carbocycles. The number of amides is 1. The van der Waals surface area contributed by atoms with E-state index in [4.69, 9.17) is 17.3 Å². The number of nitrogens with zero attached hydrogens (tertiary/aromatic N) is 1.